The molecular formula is C15H17N3O2S. The van der Waals surface area contributed by atoms with E-state index in [9.17, 15) is 0 Å². The Bertz CT molecular complexity index is 647. The van der Waals surface area contributed by atoms with E-state index in [2.05, 4.69) is 10.3 Å². The number of methoxy groups -OCH3 is 2. The average molecular weight is 303 g/mol. The van der Waals surface area contributed by atoms with Gasteiger partial charge in [0.25, 0.3) is 0 Å². The fourth-order valence-electron chi connectivity index (χ4n) is 1.86. The summed E-state index contributed by atoms with van der Waals surface area (Å²) in [5.41, 5.74) is 7.44. The van der Waals surface area contributed by atoms with E-state index in [1.165, 1.54) is 0 Å². The molecule has 6 heteroatoms. The van der Waals surface area contributed by atoms with Crippen molar-refractivity contribution in [1.82, 2.24) is 4.98 Å². The molecule has 1 aromatic heterocycles. The zero-order valence-corrected chi connectivity index (χ0v) is 12.7. The van der Waals surface area contributed by atoms with Crippen LogP contribution in [-0.4, -0.2) is 24.2 Å². The molecule has 2 aromatic rings. The molecule has 110 valence electrons. The van der Waals surface area contributed by atoms with Gasteiger partial charge in [-0.1, -0.05) is 18.3 Å². The van der Waals surface area contributed by atoms with E-state index in [1.54, 1.807) is 26.5 Å². The Hall–Kier alpha value is -2.34. The molecular weight excluding hydrogens is 286 g/mol. The van der Waals surface area contributed by atoms with Crippen LogP contribution in [0.5, 0.6) is 11.5 Å². The van der Waals surface area contributed by atoms with E-state index < -0.39 is 0 Å². The highest BCUT2D eigenvalue weighted by molar-refractivity contribution is 7.80. The minimum Gasteiger partial charge on any atom is -0.493 e. The second-order valence-corrected chi connectivity index (χ2v) is 4.78. The second kappa shape index (κ2) is 6.90. The Morgan fingerprint density at radius 3 is 2.62 bits per heavy atom. The molecule has 0 amide bonds. The van der Waals surface area contributed by atoms with Gasteiger partial charge < -0.3 is 20.5 Å². The molecule has 0 saturated carbocycles. The molecule has 0 atom stereocenters. The molecule has 0 aliphatic heterocycles. The number of nitrogens with zero attached hydrogens (tertiary/aromatic N) is 1. The largest absolute Gasteiger partial charge is 0.493 e. The van der Waals surface area contributed by atoms with Crippen LogP contribution in [0.25, 0.3) is 0 Å². The van der Waals surface area contributed by atoms with E-state index >= 15 is 0 Å². The molecule has 0 spiro atoms. The molecule has 0 bridgehead atoms. The van der Waals surface area contributed by atoms with Gasteiger partial charge in [0.1, 0.15) is 10.8 Å². The highest BCUT2D eigenvalue weighted by atomic mass is 32.1. The summed E-state index contributed by atoms with van der Waals surface area (Å²) in [6, 6.07) is 9.36. The standard InChI is InChI=1S/C15H17N3O2S/c1-19-12-4-3-10(7-13(12)20-2)9-18-14-8-11(15(16)21)5-6-17-14/h3-8H,9H2,1-2H3,(H2,16,21)(H,17,18). The normalized spacial score (nSPS) is 10.0. The summed E-state index contributed by atoms with van der Waals surface area (Å²) in [5, 5.41) is 3.22. The maximum atomic E-state index is 5.61. The maximum Gasteiger partial charge on any atom is 0.161 e. The molecule has 0 saturated heterocycles. The molecule has 5 nitrogen and oxygen atoms in total. The number of benzene rings is 1. The van der Waals surface area contributed by atoms with Crippen molar-refractivity contribution < 1.29 is 9.47 Å². The van der Waals surface area contributed by atoms with Crippen LogP contribution < -0.4 is 20.5 Å². The van der Waals surface area contributed by atoms with Gasteiger partial charge in [0.2, 0.25) is 0 Å². The minimum atomic E-state index is 0.353. The van der Waals surface area contributed by atoms with Crippen LogP contribution >= 0.6 is 12.2 Å². The lowest BCUT2D eigenvalue weighted by Gasteiger charge is -2.11. The summed E-state index contributed by atoms with van der Waals surface area (Å²) in [4.78, 5) is 4.58. The second-order valence-electron chi connectivity index (χ2n) is 4.34. The molecule has 2 rings (SSSR count). The molecule has 1 heterocycles. The number of thiocarbonyl (C=S) groups is 1. The quantitative estimate of drug-likeness (QED) is 0.798. The van der Waals surface area contributed by atoms with E-state index in [4.69, 9.17) is 27.4 Å². The Kier molecular flexibility index (Phi) is 4.94. The first-order chi connectivity index (χ1) is 10.1. The summed E-state index contributed by atoms with van der Waals surface area (Å²) in [6.07, 6.45) is 1.67. The summed E-state index contributed by atoms with van der Waals surface area (Å²) < 4.78 is 10.5. The fourth-order valence-corrected chi connectivity index (χ4v) is 1.99. The number of hydrogen-bond acceptors (Lipinski definition) is 5. The van der Waals surface area contributed by atoms with Gasteiger partial charge in [-0.15, -0.1) is 0 Å². The number of rotatable bonds is 6. The van der Waals surface area contributed by atoms with Gasteiger partial charge in [0, 0.05) is 18.3 Å². The van der Waals surface area contributed by atoms with Gasteiger partial charge in [0.15, 0.2) is 11.5 Å². The van der Waals surface area contributed by atoms with Crippen LogP contribution in [0.1, 0.15) is 11.1 Å². The van der Waals surface area contributed by atoms with Crippen molar-refractivity contribution in [3.8, 4) is 11.5 Å². The van der Waals surface area contributed by atoms with E-state index in [0.717, 1.165) is 16.9 Å². The van der Waals surface area contributed by atoms with E-state index in [-0.39, 0.29) is 0 Å². The summed E-state index contributed by atoms with van der Waals surface area (Å²) in [7, 11) is 3.23. The smallest absolute Gasteiger partial charge is 0.161 e. The van der Waals surface area contributed by atoms with E-state index in [1.807, 2.05) is 24.3 Å². The first kappa shape index (κ1) is 15.1. The van der Waals surface area contributed by atoms with Crippen LogP contribution in [-0.2, 0) is 6.54 Å². The van der Waals surface area contributed by atoms with Gasteiger partial charge in [-0.05, 0) is 29.8 Å². The van der Waals surface area contributed by atoms with Crippen LogP contribution in [0.2, 0.25) is 0 Å². The van der Waals surface area contributed by atoms with Crippen LogP contribution in [0, 0.1) is 0 Å². The highest BCUT2D eigenvalue weighted by Gasteiger charge is 2.05. The van der Waals surface area contributed by atoms with Crippen molar-refractivity contribution in [3.63, 3.8) is 0 Å². The zero-order chi connectivity index (χ0) is 15.2. The molecule has 1 aromatic carbocycles. The minimum absolute atomic E-state index is 0.353. The maximum absolute atomic E-state index is 5.61. The Morgan fingerprint density at radius 1 is 1.19 bits per heavy atom. The third-order valence-corrected chi connectivity index (χ3v) is 3.20. The zero-order valence-electron chi connectivity index (χ0n) is 11.9. The molecule has 0 radical (unpaired) electrons. The van der Waals surface area contributed by atoms with Crippen LogP contribution in [0.4, 0.5) is 5.82 Å². The first-order valence-electron chi connectivity index (χ1n) is 6.34. The van der Waals surface area contributed by atoms with Gasteiger partial charge in [-0.25, -0.2) is 4.98 Å². The Balaban J connectivity index is 2.09. The van der Waals surface area contributed by atoms with Crippen molar-refractivity contribution in [2.24, 2.45) is 5.73 Å². The van der Waals surface area contributed by atoms with Crippen LogP contribution in [0.15, 0.2) is 36.5 Å². The SMILES string of the molecule is COc1ccc(CNc2cc(C(N)=S)ccn2)cc1OC. The summed E-state index contributed by atoms with van der Waals surface area (Å²) in [5.74, 6) is 2.12. The molecule has 3 N–H and O–H groups in total. The first-order valence-corrected chi connectivity index (χ1v) is 6.75. The van der Waals surface area contributed by atoms with Crippen molar-refractivity contribution in [2.75, 3.05) is 19.5 Å². The number of ether oxygens (including phenoxy) is 2. The molecule has 0 fully saturated rings. The summed E-state index contributed by atoms with van der Waals surface area (Å²) in [6.45, 7) is 0.605. The van der Waals surface area contributed by atoms with Gasteiger partial charge in [-0.3, -0.25) is 0 Å². The van der Waals surface area contributed by atoms with Gasteiger partial charge >= 0.3 is 0 Å². The van der Waals surface area contributed by atoms with Crippen molar-refractivity contribution in [1.29, 1.82) is 0 Å². The topological polar surface area (TPSA) is 69.4 Å². The fraction of sp³-hybridized carbons (Fsp3) is 0.200. The number of aromatic nitrogens is 1. The number of hydrogen-bond donors (Lipinski definition) is 2. The molecule has 0 unspecified atom stereocenters. The third-order valence-electron chi connectivity index (χ3n) is 2.97. The predicted molar refractivity (Wildman–Crippen MR) is 87.0 cm³/mol. The van der Waals surface area contributed by atoms with Crippen LogP contribution in [0.3, 0.4) is 0 Å². The predicted octanol–water partition coefficient (Wildman–Crippen LogP) is 2.35. The average Bonchev–Trinajstić information content (AvgIpc) is 2.52. The lowest BCUT2D eigenvalue weighted by atomic mass is 10.2. The number of nitrogens with one attached hydrogen (secondary N) is 1. The van der Waals surface area contributed by atoms with Gasteiger partial charge in [0.05, 0.1) is 14.2 Å². The van der Waals surface area contributed by atoms with E-state index in [0.29, 0.717) is 23.0 Å². The molecule has 21 heavy (non-hydrogen) atoms. The van der Waals surface area contributed by atoms with Crippen molar-refractivity contribution >= 4 is 23.0 Å². The molecule has 0 aliphatic carbocycles. The van der Waals surface area contributed by atoms with Crippen molar-refractivity contribution in [2.45, 2.75) is 6.54 Å². The number of anilines is 1. The highest BCUT2D eigenvalue weighted by Crippen LogP contribution is 2.27. The number of pyridine rings is 1. The number of nitrogens with two attached hydrogens (primary N) is 1. The lowest BCUT2D eigenvalue weighted by Crippen LogP contribution is -2.10. The molecule has 0 aliphatic rings. The van der Waals surface area contributed by atoms with Crippen molar-refractivity contribution in [3.05, 3.63) is 47.7 Å². The lowest BCUT2D eigenvalue weighted by molar-refractivity contribution is 0.354. The van der Waals surface area contributed by atoms with Gasteiger partial charge in [-0.2, -0.15) is 0 Å². The third kappa shape index (κ3) is 3.82. The summed E-state index contributed by atoms with van der Waals surface area (Å²) >= 11 is 4.95. The Labute approximate surface area is 129 Å². The Morgan fingerprint density at radius 2 is 1.95 bits per heavy atom. The monoisotopic (exact) mass is 303 g/mol.